The lowest BCUT2D eigenvalue weighted by molar-refractivity contribution is 0.222. The van der Waals surface area contributed by atoms with E-state index in [1.54, 1.807) is 6.20 Å². The first-order chi connectivity index (χ1) is 7.70. The van der Waals surface area contributed by atoms with E-state index in [1.165, 1.54) is 0 Å². The molecule has 0 amide bonds. The van der Waals surface area contributed by atoms with Crippen molar-refractivity contribution in [2.24, 2.45) is 5.92 Å². The number of aryl methyl sites for hydroxylation is 1. The standard InChI is InChI=1S/C11H18N4O/c1-7-5-13-11(12)15-10(7)14-9-4-2-3-8(9)6-16/h5,8-9,16H,2-4,6H2,1H3,(H3,12,13,14,15). The number of hydrogen-bond donors (Lipinski definition) is 3. The molecule has 1 heterocycles. The fourth-order valence-electron chi connectivity index (χ4n) is 2.22. The van der Waals surface area contributed by atoms with E-state index in [-0.39, 0.29) is 12.6 Å². The average Bonchev–Trinajstić information content (AvgIpc) is 2.71. The van der Waals surface area contributed by atoms with Crippen molar-refractivity contribution < 1.29 is 5.11 Å². The predicted molar refractivity (Wildman–Crippen MR) is 63.0 cm³/mol. The number of aliphatic hydroxyl groups excluding tert-OH is 1. The average molecular weight is 222 g/mol. The largest absolute Gasteiger partial charge is 0.396 e. The summed E-state index contributed by atoms with van der Waals surface area (Å²) < 4.78 is 0. The van der Waals surface area contributed by atoms with E-state index in [1.807, 2.05) is 6.92 Å². The molecule has 2 unspecified atom stereocenters. The first-order valence-corrected chi connectivity index (χ1v) is 5.67. The highest BCUT2D eigenvalue weighted by Crippen LogP contribution is 2.28. The van der Waals surface area contributed by atoms with E-state index in [0.29, 0.717) is 12.0 Å². The molecular formula is C11H18N4O. The molecule has 5 heteroatoms. The fourth-order valence-corrected chi connectivity index (χ4v) is 2.22. The number of nitrogens with two attached hydrogens (primary N) is 1. The number of nitrogens with one attached hydrogen (secondary N) is 1. The molecule has 88 valence electrons. The number of nitrogen functional groups attached to an aromatic ring is 1. The molecule has 4 N–H and O–H groups in total. The topological polar surface area (TPSA) is 84.1 Å². The van der Waals surface area contributed by atoms with E-state index < -0.39 is 0 Å². The molecule has 0 aromatic carbocycles. The van der Waals surface area contributed by atoms with Crippen LogP contribution in [-0.2, 0) is 0 Å². The molecule has 1 aliphatic carbocycles. The van der Waals surface area contributed by atoms with Crippen LogP contribution in [0.1, 0.15) is 24.8 Å². The minimum Gasteiger partial charge on any atom is -0.396 e. The molecule has 16 heavy (non-hydrogen) atoms. The highest BCUT2D eigenvalue weighted by Gasteiger charge is 2.27. The predicted octanol–water partition coefficient (Wildman–Crippen LogP) is 0.940. The second-order valence-electron chi connectivity index (χ2n) is 4.38. The second-order valence-corrected chi connectivity index (χ2v) is 4.38. The van der Waals surface area contributed by atoms with Gasteiger partial charge in [0.15, 0.2) is 0 Å². The number of hydrogen-bond acceptors (Lipinski definition) is 5. The normalized spacial score (nSPS) is 24.6. The molecule has 1 aliphatic rings. The highest BCUT2D eigenvalue weighted by atomic mass is 16.3. The molecule has 0 bridgehead atoms. The maximum Gasteiger partial charge on any atom is 0.221 e. The third kappa shape index (κ3) is 2.24. The lowest BCUT2D eigenvalue weighted by Gasteiger charge is -2.20. The highest BCUT2D eigenvalue weighted by molar-refractivity contribution is 5.46. The van der Waals surface area contributed by atoms with Gasteiger partial charge in [-0.15, -0.1) is 0 Å². The maximum absolute atomic E-state index is 9.24. The molecule has 0 radical (unpaired) electrons. The van der Waals surface area contributed by atoms with Crippen molar-refractivity contribution in [2.45, 2.75) is 32.2 Å². The number of nitrogens with zero attached hydrogens (tertiary/aromatic N) is 2. The smallest absolute Gasteiger partial charge is 0.221 e. The summed E-state index contributed by atoms with van der Waals surface area (Å²) in [6.07, 6.45) is 5.03. The Balaban J connectivity index is 2.11. The summed E-state index contributed by atoms with van der Waals surface area (Å²) in [5.41, 5.74) is 6.54. The van der Waals surface area contributed by atoms with Crippen molar-refractivity contribution in [3.8, 4) is 0 Å². The van der Waals surface area contributed by atoms with Gasteiger partial charge in [0.2, 0.25) is 5.95 Å². The van der Waals surface area contributed by atoms with Crippen LogP contribution in [0, 0.1) is 12.8 Å². The molecule has 0 saturated heterocycles. The zero-order chi connectivity index (χ0) is 11.5. The Kier molecular flexibility index (Phi) is 3.24. The van der Waals surface area contributed by atoms with E-state index >= 15 is 0 Å². The van der Waals surface area contributed by atoms with Gasteiger partial charge in [0.05, 0.1) is 0 Å². The van der Waals surface area contributed by atoms with Crippen LogP contribution in [0.2, 0.25) is 0 Å². The third-order valence-electron chi connectivity index (χ3n) is 3.21. The fraction of sp³-hybridized carbons (Fsp3) is 0.636. The van der Waals surface area contributed by atoms with Gasteiger partial charge in [-0.25, -0.2) is 4.98 Å². The van der Waals surface area contributed by atoms with Gasteiger partial charge in [-0.2, -0.15) is 4.98 Å². The monoisotopic (exact) mass is 222 g/mol. The Morgan fingerprint density at radius 2 is 2.38 bits per heavy atom. The zero-order valence-corrected chi connectivity index (χ0v) is 9.48. The van der Waals surface area contributed by atoms with Gasteiger partial charge >= 0.3 is 0 Å². The Labute approximate surface area is 95.1 Å². The van der Waals surface area contributed by atoms with Gasteiger partial charge in [0, 0.05) is 30.3 Å². The van der Waals surface area contributed by atoms with E-state index in [2.05, 4.69) is 15.3 Å². The van der Waals surface area contributed by atoms with Gasteiger partial charge in [-0.3, -0.25) is 0 Å². The van der Waals surface area contributed by atoms with E-state index in [4.69, 9.17) is 5.73 Å². The quantitative estimate of drug-likeness (QED) is 0.709. The van der Waals surface area contributed by atoms with Crippen molar-refractivity contribution >= 4 is 11.8 Å². The van der Waals surface area contributed by atoms with Crippen LogP contribution < -0.4 is 11.1 Å². The van der Waals surface area contributed by atoms with Crippen molar-refractivity contribution in [1.29, 1.82) is 0 Å². The van der Waals surface area contributed by atoms with Crippen LogP contribution in [0.3, 0.4) is 0 Å². The Hall–Kier alpha value is -1.36. The van der Waals surface area contributed by atoms with Crippen LogP contribution in [0.15, 0.2) is 6.20 Å². The van der Waals surface area contributed by atoms with Crippen LogP contribution >= 0.6 is 0 Å². The number of aromatic nitrogens is 2. The van der Waals surface area contributed by atoms with E-state index in [9.17, 15) is 5.11 Å². The first kappa shape index (κ1) is 11.1. The van der Waals surface area contributed by atoms with E-state index in [0.717, 1.165) is 30.6 Å². The Bertz CT molecular complexity index is 369. The van der Waals surface area contributed by atoms with Crippen molar-refractivity contribution in [3.05, 3.63) is 11.8 Å². The molecule has 1 saturated carbocycles. The minimum absolute atomic E-state index is 0.233. The SMILES string of the molecule is Cc1cnc(N)nc1NC1CCCC1CO. The second kappa shape index (κ2) is 4.65. The molecular weight excluding hydrogens is 204 g/mol. The Morgan fingerprint density at radius 3 is 3.12 bits per heavy atom. The van der Waals surface area contributed by atoms with Gasteiger partial charge in [-0.1, -0.05) is 6.42 Å². The Morgan fingerprint density at radius 1 is 1.56 bits per heavy atom. The van der Waals surface area contributed by atoms with Crippen LogP contribution in [-0.4, -0.2) is 27.7 Å². The lowest BCUT2D eigenvalue weighted by Crippen LogP contribution is -2.27. The molecule has 2 atom stereocenters. The molecule has 1 aromatic rings. The maximum atomic E-state index is 9.24. The van der Waals surface area contributed by atoms with Crippen LogP contribution in [0.25, 0.3) is 0 Å². The van der Waals surface area contributed by atoms with Gasteiger partial charge in [0.25, 0.3) is 0 Å². The summed E-state index contributed by atoms with van der Waals surface area (Å²) in [4.78, 5) is 8.11. The van der Waals surface area contributed by atoms with Gasteiger partial charge in [-0.05, 0) is 19.8 Å². The number of aliphatic hydroxyl groups is 1. The van der Waals surface area contributed by atoms with Gasteiger partial charge < -0.3 is 16.2 Å². The molecule has 0 spiro atoms. The summed E-state index contributed by atoms with van der Waals surface area (Å²) in [6.45, 7) is 2.18. The lowest BCUT2D eigenvalue weighted by atomic mass is 10.1. The van der Waals surface area contributed by atoms with Crippen molar-refractivity contribution in [1.82, 2.24) is 9.97 Å². The molecule has 1 fully saturated rings. The summed E-state index contributed by atoms with van der Waals surface area (Å²) in [5.74, 6) is 1.40. The van der Waals surface area contributed by atoms with Crippen LogP contribution in [0.4, 0.5) is 11.8 Å². The number of anilines is 2. The molecule has 1 aromatic heterocycles. The molecule has 0 aliphatic heterocycles. The first-order valence-electron chi connectivity index (χ1n) is 5.67. The summed E-state index contributed by atoms with van der Waals surface area (Å²) in [5, 5.41) is 12.6. The van der Waals surface area contributed by atoms with Crippen molar-refractivity contribution in [3.63, 3.8) is 0 Å². The summed E-state index contributed by atoms with van der Waals surface area (Å²) in [7, 11) is 0. The third-order valence-corrected chi connectivity index (χ3v) is 3.21. The number of rotatable bonds is 3. The van der Waals surface area contributed by atoms with Gasteiger partial charge in [0.1, 0.15) is 5.82 Å². The zero-order valence-electron chi connectivity index (χ0n) is 9.48. The minimum atomic E-state index is 0.233. The summed E-state index contributed by atoms with van der Waals surface area (Å²) in [6, 6.07) is 0.304. The molecule has 2 rings (SSSR count). The van der Waals surface area contributed by atoms with Crippen molar-refractivity contribution in [2.75, 3.05) is 17.7 Å². The summed E-state index contributed by atoms with van der Waals surface area (Å²) >= 11 is 0. The molecule has 5 nitrogen and oxygen atoms in total. The van der Waals surface area contributed by atoms with Crippen LogP contribution in [0.5, 0.6) is 0 Å².